The first-order valence-corrected chi connectivity index (χ1v) is 4.81. The van der Waals surface area contributed by atoms with E-state index in [4.69, 9.17) is 17.3 Å². The van der Waals surface area contributed by atoms with Gasteiger partial charge in [-0.2, -0.15) is 0 Å². The molecule has 0 atom stereocenters. The highest BCUT2D eigenvalue weighted by atomic mass is 35.5. The zero-order chi connectivity index (χ0) is 11.4. The Morgan fingerprint density at radius 2 is 2.27 bits per heavy atom. The van der Waals surface area contributed by atoms with Gasteiger partial charge in [-0.1, -0.05) is 17.7 Å². The van der Waals surface area contributed by atoms with Gasteiger partial charge in [-0.05, 0) is 24.4 Å². The summed E-state index contributed by atoms with van der Waals surface area (Å²) in [6.45, 7) is 0. The summed E-state index contributed by atoms with van der Waals surface area (Å²) >= 11 is 10.2. The quantitative estimate of drug-likeness (QED) is 0.776. The Bertz CT molecular complexity index is 391. The van der Waals surface area contributed by atoms with E-state index in [0.717, 1.165) is 0 Å². The van der Waals surface area contributed by atoms with Gasteiger partial charge in [-0.25, -0.2) is 4.39 Å². The normalized spacial score (nSPS) is 9.73. The Labute approximate surface area is 96.4 Å². The fraction of sp³-hybridized carbons (Fsp3) is 0.111. The Morgan fingerprint density at radius 1 is 1.60 bits per heavy atom. The molecular formula is C9H8ClFN2OS. The lowest BCUT2D eigenvalue weighted by atomic mass is 10.1. The molecule has 0 aromatic heterocycles. The van der Waals surface area contributed by atoms with E-state index in [1.807, 2.05) is 0 Å². The fourth-order valence-corrected chi connectivity index (χ4v) is 1.39. The van der Waals surface area contributed by atoms with Gasteiger partial charge in [0.15, 0.2) is 5.11 Å². The maximum atomic E-state index is 13.2. The van der Waals surface area contributed by atoms with Crippen LogP contribution in [0.25, 0.3) is 0 Å². The smallest absolute Gasteiger partial charge is 0.230 e. The summed E-state index contributed by atoms with van der Waals surface area (Å²) in [5.41, 5.74) is 5.23. The third kappa shape index (κ3) is 3.45. The summed E-state index contributed by atoms with van der Waals surface area (Å²) < 4.78 is 13.2. The number of hydrogen-bond acceptors (Lipinski definition) is 2. The summed E-state index contributed by atoms with van der Waals surface area (Å²) in [5, 5.41) is 2.25. The van der Waals surface area contributed by atoms with E-state index in [1.54, 1.807) is 0 Å². The number of rotatable bonds is 2. The number of carbonyl (C=O) groups excluding carboxylic acids is 1. The van der Waals surface area contributed by atoms with Gasteiger partial charge in [-0.15, -0.1) is 0 Å². The average Bonchev–Trinajstić information content (AvgIpc) is 2.10. The molecule has 80 valence electrons. The molecular weight excluding hydrogens is 239 g/mol. The molecule has 3 nitrogen and oxygen atoms in total. The Balaban J connectivity index is 2.80. The van der Waals surface area contributed by atoms with E-state index < -0.39 is 11.7 Å². The predicted molar refractivity (Wildman–Crippen MR) is 60.0 cm³/mol. The fourth-order valence-electron chi connectivity index (χ4n) is 1.04. The number of hydrogen-bond donors (Lipinski definition) is 2. The lowest BCUT2D eigenvalue weighted by molar-refractivity contribution is -0.119. The summed E-state index contributed by atoms with van der Waals surface area (Å²) in [7, 11) is 0. The highest BCUT2D eigenvalue weighted by Gasteiger charge is 2.11. The van der Waals surface area contributed by atoms with Crippen molar-refractivity contribution in [1.29, 1.82) is 0 Å². The molecule has 0 radical (unpaired) electrons. The van der Waals surface area contributed by atoms with E-state index in [1.165, 1.54) is 18.2 Å². The number of amides is 1. The van der Waals surface area contributed by atoms with Gasteiger partial charge < -0.3 is 11.1 Å². The van der Waals surface area contributed by atoms with E-state index in [-0.39, 0.29) is 22.1 Å². The third-order valence-electron chi connectivity index (χ3n) is 1.66. The number of benzene rings is 1. The molecule has 0 aliphatic heterocycles. The molecule has 0 bridgehead atoms. The number of nitrogens with two attached hydrogens (primary N) is 1. The second kappa shape index (κ2) is 5.04. The van der Waals surface area contributed by atoms with E-state index in [9.17, 15) is 9.18 Å². The highest BCUT2D eigenvalue weighted by molar-refractivity contribution is 7.80. The van der Waals surface area contributed by atoms with E-state index in [0.29, 0.717) is 0 Å². The monoisotopic (exact) mass is 246 g/mol. The molecule has 0 unspecified atom stereocenters. The minimum absolute atomic E-state index is 0.132. The number of halogens is 2. The second-order valence-electron chi connectivity index (χ2n) is 2.79. The SMILES string of the molecule is NC(=S)NC(=O)Cc1c(F)cccc1Cl. The largest absolute Gasteiger partial charge is 0.376 e. The van der Waals surface area contributed by atoms with Gasteiger partial charge in [-0.3, -0.25) is 4.79 Å². The number of thiocarbonyl (C=S) groups is 1. The molecule has 0 spiro atoms. The van der Waals surface area contributed by atoms with Gasteiger partial charge in [0.05, 0.1) is 6.42 Å². The molecule has 1 aromatic carbocycles. The van der Waals surface area contributed by atoms with E-state index in [2.05, 4.69) is 17.5 Å². The molecule has 0 aliphatic carbocycles. The van der Waals surface area contributed by atoms with Gasteiger partial charge in [0.2, 0.25) is 5.91 Å². The van der Waals surface area contributed by atoms with Crippen LogP contribution in [0.15, 0.2) is 18.2 Å². The Morgan fingerprint density at radius 3 is 2.80 bits per heavy atom. The van der Waals surface area contributed by atoms with Crippen molar-refractivity contribution >= 4 is 34.8 Å². The van der Waals surface area contributed by atoms with Crippen molar-refractivity contribution in [1.82, 2.24) is 5.32 Å². The minimum atomic E-state index is -0.527. The zero-order valence-corrected chi connectivity index (χ0v) is 9.16. The molecule has 0 aliphatic rings. The van der Waals surface area contributed by atoms with Gasteiger partial charge in [0, 0.05) is 10.6 Å². The van der Waals surface area contributed by atoms with E-state index >= 15 is 0 Å². The van der Waals surface area contributed by atoms with Crippen LogP contribution < -0.4 is 11.1 Å². The summed E-state index contributed by atoms with van der Waals surface area (Å²) in [6.07, 6.45) is -0.192. The van der Waals surface area contributed by atoms with Crippen molar-refractivity contribution in [3.63, 3.8) is 0 Å². The van der Waals surface area contributed by atoms with Crippen molar-refractivity contribution in [3.05, 3.63) is 34.6 Å². The standard InChI is InChI=1S/C9H8ClFN2OS/c10-6-2-1-3-7(11)5(6)4-8(14)13-9(12)15/h1-3H,4H2,(H3,12,13,14,15). The van der Waals surface area contributed by atoms with Crippen molar-refractivity contribution in [2.24, 2.45) is 5.73 Å². The predicted octanol–water partition coefficient (Wildman–Crippen LogP) is 1.38. The maximum Gasteiger partial charge on any atom is 0.230 e. The summed E-state index contributed by atoms with van der Waals surface area (Å²) in [4.78, 5) is 11.2. The molecule has 0 heterocycles. The number of carbonyl (C=O) groups is 1. The van der Waals surface area contributed by atoms with Crippen molar-refractivity contribution in [2.45, 2.75) is 6.42 Å². The minimum Gasteiger partial charge on any atom is -0.376 e. The van der Waals surface area contributed by atoms with Crippen LogP contribution in [-0.4, -0.2) is 11.0 Å². The molecule has 0 saturated carbocycles. The molecule has 3 N–H and O–H groups in total. The Hall–Kier alpha value is -1.20. The lowest BCUT2D eigenvalue weighted by Gasteiger charge is -2.05. The van der Waals surface area contributed by atoms with Gasteiger partial charge in [0.25, 0.3) is 0 Å². The van der Waals surface area contributed by atoms with Crippen LogP contribution in [0.5, 0.6) is 0 Å². The lowest BCUT2D eigenvalue weighted by Crippen LogP contribution is -2.35. The van der Waals surface area contributed by atoms with Gasteiger partial charge in [0.1, 0.15) is 5.82 Å². The van der Waals surface area contributed by atoms with Crippen molar-refractivity contribution in [2.75, 3.05) is 0 Å². The van der Waals surface area contributed by atoms with Crippen LogP contribution in [0.2, 0.25) is 5.02 Å². The van der Waals surface area contributed by atoms with Crippen LogP contribution >= 0.6 is 23.8 Å². The summed E-state index contributed by atoms with van der Waals surface area (Å²) in [5.74, 6) is -1.02. The molecule has 1 rings (SSSR count). The molecule has 15 heavy (non-hydrogen) atoms. The first kappa shape index (κ1) is 11.9. The van der Waals surface area contributed by atoms with Crippen molar-refractivity contribution in [3.8, 4) is 0 Å². The van der Waals surface area contributed by atoms with Gasteiger partial charge >= 0.3 is 0 Å². The maximum absolute atomic E-state index is 13.2. The van der Waals surface area contributed by atoms with Crippen LogP contribution in [0.1, 0.15) is 5.56 Å². The molecule has 0 fully saturated rings. The molecule has 1 aromatic rings. The zero-order valence-electron chi connectivity index (χ0n) is 7.59. The topological polar surface area (TPSA) is 55.1 Å². The molecule has 0 saturated heterocycles. The highest BCUT2D eigenvalue weighted by Crippen LogP contribution is 2.19. The molecule has 6 heteroatoms. The van der Waals surface area contributed by atoms with Crippen LogP contribution in [0.4, 0.5) is 4.39 Å². The average molecular weight is 247 g/mol. The second-order valence-corrected chi connectivity index (χ2v) is 3.64. The third-order valence-corrected chi connectivity index (χ3v) is 2.12. The van der Waals surface area contributed by atoms with Crippen LogP contribution in [0, 0.1) is 5.82 Å². The Kier molecular flexibility index (Phi) is 3.99. The van der Waals surface area contributed by atoms with Crippen molar-refractivity contribution < 1.29 is 9.18 Å². The summed E-state index contributed by atoms with van der Waals surface area (Å²) in [6, 6.07) is 4.20. The first-order valence-electron chi connectivity index (χ1n) is 4.03. The molecule has 1 amide bonds. The van der Waals surface area contributed by atoms with Crippen LogP contribution in [0.3, 0.4) is 0 Å². The van der Waals surface area contributed by atoms with Crippen LogP contribution in [-0.2, 0) is 11.2 Å². The number of nitrogens with one attached hydrogen (secondary N) is 1. The first-order chi connectivity index (χ1) is 7.00.